The van der Waals surface area contributed by atoms with Gasteiger partial charge in [-0.2, -0.15) is 0 Å². The van der Waals surface area contributed by atoms with Crippen LogP contribution >= 0.6 is 0 Å². The van der Waals surface area contributed by atoms with Crippen molar-refractivity contribution in [3.63, 3.8) is 0 Å². The maximum Gasteiger partial charge on any atom is 0.227 e. The van der Waals surface area contributed by atoms with E-state index in [1.165, 1.54) is 0 Å². The van der Waals surface area contributed by atoms with Crippen molar-refractivity contribution < 1.29 is 4.79 Å². The van der Waals surface area contributed by atoms with Crippen molar-refractivity contribution in [2.75, 3.05) is 18.9 Å². The molecule has 1 fully saturated rings. The Bertz CT molecular complexity index is 433. The number of carbonyl (C=O) groups is 1. The zero-order chi connectivity index (χ0) is 13.7. The van der Waals surface area contributed by atoms with Gasteiger partial charge in [-0.15, -0.1) is 0 Å². The molecule has 1 aromatic carbocycles. The summed E-state index contributed by atoms with van der Waals surface area (Å²) in [5, 5.41) is 6.18. The summed E-state index contributed by atoms with van der Waals surface area (Å²) in [4.78, 5) is 12.4. The van der Waals surface area contributed by atoms with Gasteiger partial charge in [0.05, 0.1) is 0 Å². The molecule has 4 N–H and O–H groups in total. The molecule has 104 valence electrons. The van der Waals surface area contributed by atoms with Gasteiger partial charge in [0, 0.05) is 18.2 Å². The largest absolute Gasteiger partial charge is 0.330 e. The van der Waals surface area contributed by atoms with E-state index in [0.29, 0.717) is 12.5 Å². The molecule has 0 aromatic heterocycles. The predicted molar refractivity (Wildman–Crippen MR) is 77.7 cm³/mol. The third kappa shape index (κ3) is 3.33. The highest BCUT2D eigenvalue weighted by Gasteiger charge is 2.32. The normalized spacial score (nSPS) is 22.4. The van der Waals surface area contributed by atoms with Crippen molar-refractivity contribution in [1.29, 1.82) is 0 Å². The SMILES string of the molecule is CNCc1ccccc1NC(=O)[C@@H]1CCC[C@@H]1CN. The topological polar surface area (TPSA) is 67.1 Å². The number of hydrogen-bond acceptors (Lipinski definition) is 3. The molecule has 0 aliphatic heterocycles. The molecule has 1 saturated carbocycles. The van der Waals surface area contributed by atoms with Gasteiger partial charge < -0.3 is 16.4 Å². The van der Waals surface area contributed by atoms with E-state index in [4.69, 9.17) is 5.73 Å². The molecule has 4 nitrogen and oxygen atoms in total. The summed E-state index contributed by atoms with van der Waals surface area (Å²) in [6, 6.07) is 7.92. The highest BCUT2D eigenvalue weighted by atomic mass is 16.1. The summed E-state index contributed by atoms with van der Waals surface area (Å²) in [6.45, 7) is 1.36. The number of rotatable bonds is 5. The minimum absolute atomic E-state index is 0.0765. The predicted octanol–water partition coefficient (Wildman–Crippen LogP) is 1.72. The lowest BCUT2D eigenvalue weighted by molar-refractivity contribution is -0.120. The average Bonchev–Trinajstić information content (AvgIpc) is 2.89. The average molecular weight is 261 g/mol. The summed E-state index contributed by atoms with van der Waals surface area (Å²) in [5.74, 6) is 0.542. The molecule has 1 aliphatic rings. The van der Waals surface area contributed by atoms with Crippen LogP contribution < -0.4 is 16.4 Å². The van der Waals surface area contributed by atoms with Crippen LogP contribution in [0.5, 0.6) is 0 Å². The highest BCUT2D eigenvalue weighted by Crippen LogP contribution is 2.32. The van der Waals surface area contributed by atoms with Gasteiger partial charge in [-0.05, 0) is 44.0 Å². The van der Waals surface area contributed by atoms with Crippen LogP contribution in [-0.4, -0.2) is 19.5 Å². The van der Waals surface area contributed by atoms with Gasteiger partial charge in [0.1, 0.15) is 0 Å². The summed E-state index contributed by atoms with van der Waals surface area (Å²) >= 11 is 0. The lowest BCUT2D eigenvalue weighted by Gasteiger charge is -2.18. The molecule has 0 spiro atoms. The Kier molecular flexibility index (Phi) is 4.93. The number of amides is 1. The fourth-order valence-corrected chi connectivity index (χ4v) is 2.88. The molecule has 19 heavy (non-hydrogen) atoms. The maximum atomic E-state index is 12.4. The summed E-state index contributed by atoms with van der Waals surface area (Å²) in [6.07, 6.45) is 3.15. The molecular formula is C15H23N3O. The van der Waals surface area contributed by atoms with Gasteiger partial charge in [-0.3, -0.25) is 4.79 Å². The Labute approximate surface area is 114 Å². The molecule has 0 unspecified atom stereocenters. The molecular weight excluding hydrogens is 238 g/mol. The Morgan fingerprint density at radius 3 is 2.89 bits per heavy atom. The first kappa shape index (κ1) is 14.0. The minimum Gasteiger partial charge on any atom is -0.330 e. The van der Waals surface area contributed by atoms with Crippen LogP contribution in [0.15, 0.2) is 24.3 Å². The van der Waals surface area contributed by atoms with Gasteiger partial charge in [0.25, 0.3) is 0 Å². The van der Waals surface area contributed by atoms with Gasteiger partial charge in [-0.1, -0.05) is 24.6 Å². The van der Waals surface area contributed by atoms with Gasteiger partial charge >= 0.3 is 0 Å². The van der Waals surface area contributed by atoms with Gasteiger partial charge in [-0.25, -0.2) is 0 Å². The Hall–Kier alpha value is -1.39. The molecule has 2 rings (SSSR count). The zero-order valence-electron chi connectivity index (χ0n) is 11.5. The number of hydrogen-bond donors (Lipinski definition) is 3. The maximum absolute atomic E-state index is 12.4. The summed E-state index contributed by atoms with van der Waals surface area (Å²) < 4.78 is 0. The second-order valence-corrected chi connectivity index (χ2v) is 5.21. The second-order valence-electron chi connectivity index (χ2n) is 5.21. The third-order valence-corrected chi connectivity index (χ3v) is 3.94. The molecule has 1 aromatic rings. The molecule has 0 bridgehead atoms. The van der Waals surface area contributed by atoms with E-state index < -0.39 is 0 Å². The Morgan fingerprint density at radius 2 is 2.16 bits per heavy atom. The molecule has 2 atom stereocenters. The van der Waals surface area contributed by atoms with E-state index in [0.717, 1.165) is 37.1 Å². The first-order valence-corrected chi connectivity index (χ1v) is 6.99. The first-order chi connectivity index (χ1) is 9.26. The van der Waals surface area contributed by atoms with Crippen LogP contribution in [0.3, 0.4) is 0 Å². The standard InChI is InChI=1S/C15H23N3O/c1-17-10-12-5-2-3-8-14(12)18-15(19)13-7-4-6-11(13)9-16/h2-3,5,8,11,13,17H,4,6-7,9-10,16H2,1H3,(H,18,19)/t11-,13-/m1/s1. The first-order valence-electron chi connectivity index (χ1n) is 6.99. The number of carbonyl (C=O) groups excluding carboxylic acids is 1. The number of nitrogens with two attached hydrogens (primary N) is 1. The molecule has 0 radical (unpaired) electrons. The zero-order valence-corrected chi connectivity index (χ0v) is 11.5. The molecule has 1 aliphatic carbocycles. The van der Waals surface area contributed by atoms with E-state index in [9.17, 15) is 4.79 Å². The summed E-state index contributed by atoms with van der Waals surface area (Å²) in [7, 11) is 1.90. The van der Waals surface area contributed by atoms with Crippen molar-refractivity contribution >= 4 is 11.6 Å². The van der Waals surface area contributed by atoms with E-state index in [1.807, 2.05) is 31.3 Å². The second kappa shape index (κ2) is 6.68. The molecule has 0 saturated heterocycles. The van der Waals surface area contributed by atoms with Crippen molar-refractivity contribution in [3.8, 4) is 0 Å². The number of benzene rings is 1. The summed E-state index contributed by atoms with van der Waals surface area (Å²) in [5.41, 5.74) is 7.76. The van der Waals surface area contributed by atoms with Crippen molar-refractivity contribution in [3.05, 3.63) is 29.8 Å². The third-order valence-electron chi connectivity index (χ3n) is 3.94. The van der Waals surface area contributed by atoms with Crippen LogP contribution in [0, 0.1) is 11.8 Å². The van der Waals surface area contributed by atoms with Crippen LogP contribution in [0.1, 0.15) is 24.8 Å². The van der Waals surface area contributed by atoms with Crippen LogP contribution in [-0.2, 0) is 11.3 Å². The fraction of sp³-hybridized carbons (Fsp3) is 0.533. The Balaban J connectivity index is 2.06. The van der Waals surface area contributed by atoms with Crippen LogP contribution in [0.4, 0.5) is 5.69 Å². The van der Waals surface area contributed by atoms with E-state index in [-0.39, 0.29) is 11.8 Å². The van der Waals surface area contributed by atoms with Crippen LogP contribution in [0.2, 0.25) is 0 Å². The van der Waals surface area contributed by atoms with Crippen molar-refractivity contribution in [2.24, 2.45) is 17.6 Å². The lowest BCUT2D eigenvalue weighted by atomic mass is 9.95. The molecule has 0 heterocycles. The van der Waals surface area contributed by atoms with E-state index in [2.05, 4.69) is 10.6 Å². The quantitative estimate of drug-likeness (QED) is 0.756. The van der Waals surface area contributed by atoms with Gasteiger partial charge in [0.15, 0.2) is 0 Å². The van der Waals surface area contributed by atoms with E-state index in [1.54, 1.807) is 0 Å². The molecule has 4 heteroatoms. The van der Waals surface area contributed by atoms with E-state index >= 15 is 0 Å². The number of anilines is 1. The van der Waals surface area contributed by atoms with Crippen molar-refractivity contribution in [2.45, 2.75) is 25.8 Å². The highest BCUT2D eigenvalue weighted by molar-refractivity contribution is 5.93. The Morgan fingerprint density at radius 1 is 1.37 bits per heavy atom. The monoisotopic (exact) mass is 261 g/mol. The smallest absolute Gasteiger partial charge is 0.227 e. The van der Waals surface area contributed by atoms with Gasteiger partial charge in [0.2, 0.25) is 5.91 Å². The van der Waals surface area contributed by atoms with Crippen LogP contribution in [0.25, 0.3) is 0 Å². The number of para-hydroxylation sites is 1. The lowest BCUT2D eigenvalue weighted by Crippen LogP contribution is -2.30. The van der Waals surface area contributed by atoms with Crippen molar-refractivity contribution in [1.82, 2.24) is 5.32 Å². The fourth-order valence-electron chi connectivity index (χ4n) is 2.88. The number of nitrogens with one attached hydrogen (secondary N) is 2. The molecule has 1 amide bonds. The minimum atomic E-state index is 0.0765.